The van der Waals surface area contributed by atoms with E-state index in [1.807, 2.05) is 6.92 Å². The molecule has 0 saturated heterocycles. The Labute approximate surface area is 141 Å². The zero-order chi connectivity index (χ0) is 18.1. The van der Waals surface area contributed by atoms with E-state index in [1.165, 1.54) is 7.11 Å². The number of carbonyl (C=O) groups is 3. The zero-order valence-corrected chi connectivity index (χ0v) is 14.3. The van der Waals surface area contributed by atoms with Gasteiger partial charge >= 0.3 is 6.09 Å². The van der Waals surface area contributed by atoms with Crippen molar-refractivity contribution in [1.29, 1.82) is 0 Å². The summed E-state index contributed by atoms with van der Waals surface area (Å²) < 4.78 is 9.45. The molecular formula is C16H24N3O5+. The molecule has 0 heterocycles. The lowest BCUT2D eigenvalue weighted by atomic mass is 10.2. The highest BCUT2D eigenvalue weighted by Crippen LogP contribution is 2.14. The Kier molecular flexibility index (Phi) is 7.70. The lowest BCUT2D eigenvalue weighted by molar-refractivity contribution is -0.904. The van der Waals surface area contributed by atoms with E-state index in [0.717, 1.165) is 4.90 Å². The predicted octanol–water partition coefficient (Wildman–Crippen LogP) is -0.190. The fraction of sp³-hybridized carbons (Fsp3) is 0.438. The molecule has 0 aliphatic rings. The summed E-state index contributed by atoms with van der Waals surface area (Å²) in [5, 5.41) is 4.88. The molecule has 1 aromatic carbocycles. The highest BCUT2D eigenvalue weighted by Gasteiger charge is 2.27. The second-order valence-electron chi connectivity index (χ2n) is 5.17. The van der Waals surface area contributed by atoms with E-state index in [4.69, 9.17) is 4.74 Å². The Hall–Kier alpha value is -2.61. The number of rotatable bonds is 7. The molecule has 132 valence electrons. The first-order valence-corrected chi connectivity index (χ1v) is 7.58. The minimum Gasteiger partial charge on any atom is -0.497 e. The maximum absolute atomic E-state index is 12.2. The Morgan fingerprint density at radius 2 is 1.79 bits per heavy atom. The van der Waals surface area contributed by atoms with Gasteiger partial charge in [0.2, 0.25) is 0 Å². The average Bonchev–Trinajstić information content (AvgIpc) is 2.59. The number of amides is 3. The van der Waals surface area contributed by atoms with Crippen LogP contribution in [0.1, 0.15) is 13.8 Å². The summed E-state index contributed by atoms with van der Waals surface area (Å²) in [5.74, 6) is -0.0207. The van der Waals surface area contributed by atoms with Crippen molar-refractivity contribution in [1.82, 2.24) is 5.32 Å². The second-order valence-corrected chi connectivity index (χ2v) is 5.17. The van der Waals surface area contributed by atoms with Gasteiger partial charge in [-0.2, -0.15) is 0 Å². The van der Waals surface area contributed by atoms with Crippen LogP contribution in [-0.2, 0) is 14.3 Å². The molecule has 0 aliphatic heterocycles. The summed E-state index contributed by atoms with van der Waals surface area (Å²) in [6, 6.07) is 6.38. The molecule has 2 atom stereocenters. The van der Waals surface area contributed by atoms with Gasteiger partial charge in [0.15, 0.2) is 12.6 Å². The van der Waals surface area contributed by atoms with Crippen LogP contribution in [0.2, 0.25) is 0 Å². The number of methoxy groups -OCH3 is 2. The lowest BCUT2D eigenvalue weighted by Crippen LogP contribution is -3.17. The molecule has 0 aromatic heterocycles. The summed E-state index contributed by atoms with van der Waals surface area (Å²) in [6.45, 7) is 4.15. The van der Waals surface area contributed by atoms with Gasteiger partial charge in [-0.25, -0.2) is 4.79 Å². The number of carbonyl (C=O) groups excluding carboxylic acids is 3. The molecule has 0 saturated carbocycles. The number of ether oxygens (including phenoxy) is 2. The molecule has 0 radical (unpaired) electrons. The van der Waals surface area contributed by atoms with Crippen molar-refractivity contribution in [2.75, 3.05) is 32.6 Å². The summed E-state index contributed by atoms with van der Waals surface area (Å²) in [7, 11) is 2.75. The van der Waals surface area contributed by atoms with E-state index in [9.17, 15) is 14.4 Å². The first-order chi connectivity index (χ1) is 11.4. The first-order valence-electron chi connectivity index (χ1n) is 7.58. The van der Waals surface area contributed by atoms with Crippen molar-refractivity contribution in [3.8, 4) is 5.75 Å². The number of nitrogens with one attached hydrogen (secondary N) is 3. The number of likely N-dealkylation sites (N-methyl/N-ethyl adjacent to an activating group) is 1. The Morgan fingerprint density at radius 3 is 2.29 bits per heavy atom. The highest BCUT2D eigenvalue weighted by molar-refractivity contribution is 5.94. The number of benzene rings is 1. The zero-order valence-electron chi connectivity index (χ0n) is 14.3. The number of imide groups is 1. The molecular weight excluding hydrogens is 314 g/mol. The third kappa shape index (κ3) is 5.88. The molecule has 1 aromatic rings. The second kappa shape index (κ2) is 9.51. The molecule has 3 amide bonds. The van der Waals surface area contributed by atoms with E-state index < -0.39 is 18.0 Å². The van der Waals surface area contributed by atoms with Gasteiger partial charge in [-0.05, 0) is 38.1 Å². The van der Waals surface area contributed by atoms with Crippen LogP contribution in [0.3, 0.4) is 0 Å². The van der Waals surface area contributed by atoms with Gasteiger partial charge < -0.3 is 19.7 Å². The van der Waals surface area contributed by atoms with Crippen LogP contribution in [0.25, 0.3) is 0 Å². The van der Waals surface area contributed by atoms with Crippen LogP contribution in [0.15, 0.2) is 24.3 Å². The van der Waals surface area contributed by atoms with Gasteiger partial charge in [-0.1, -0.05) is 0 Å². The number of alkyl carbamates (subject to hydrolysis) is 1. The van der Waals surface area contributed by atoms with Gasteiger partial charge in [0, 0.05) is 5.69 Å². The number of quaternary nitrogens is 1. The highest BCUT2D eigenvalue weighted by atomic mass is 16.5. The third-order valence-electron chi connectivity index (χ3n) is 3.63. The number of hydrogen-bond acceptors (Lipinski definition) is 5. The van der Waals surface area contributed by atoms with Gasteiger partial charge in [-0.15, -0.1) is 0 Å². The average molecular weight is 338 g/mol. The Morgan fingerprint density at radius 1 is 1.17 bits per heavy atom. The van der Waals surface area contributed by atoms with Crippen LogP contribution in [0.5, 0.6) is 5.75 Å². The van der Waals surface area contributed by atoms with Gasteiger partial charge in [-0.3, -0.25) is 14.9 Å². The van der Waals surface area contributed by atoms with Crippen LogP contribution in [0, 0.1) is 0 Å². The maximum Gasteiger partial charge on any atom is 0.413 e. The minimum atomic E-state index is -0.815. The van der Waals surface area contributed by atoms with E-state index in [1.54, 1.807) is 38.3 Å². The number of hydrogen-bond donors (Lipinski definition) is 3. The lowest BCUT2D eigenvalue weighted by Gasteiger charge is -2.23. The van der Waals surface area contributed by atoms with Crippen molar-refractivity contribution < 1.29 is 28.8 Å². The normalized spacial score (nSPS) is 12.7. The molecule has 0 fully saturated rings. The molecule has 8 heteroatoms. The van der Waals surface area contributed by atoms with Gasteiger partial charge in [0.05, 0.1) is 20.8 Å². The predicted molar refractivity (Wildman–Crippen MR) is 88.0 cm³/mol. The van der Waals surface area contributed by atoms with Crippen molar-refractivity contribution in [3.63, 3.8) is 0 Å². The monoisotopic (exact) mass is 338 g/mol. The van der Waals surface area contributed by atoms with Crippen molar-refractivity contribution in [2.45, 2.75) is 19.9 Å². The topological polar surface area (TPSA) is 98.2 Å². The van der Waals surface area contributed by atoms with Gasteiger partial charge in [0.1, 0.15) is 5.75 Å². The van der Waals surface area contributed by atoms with Crippen LogP contribution in [0.4, 0.5) is 10.5 Å². The Balaban J connectivity index is 2.60. The van der Waals surface area contributed by atoms with E-state index in [2.05, 4.69) is 15.4 Å². The van der Waals surface area contributed by atoms with E-state index >= 15 is 0 Å². The van der Waals surface area contributed by atoms with E-state index in [-0.39, 0.29) is 12.5 Å². The molecule has 0 bridgehead atoms. The molecule has 24 heavy (non-hydrogen) atoms. The summed E-state index contributed by atoms with van der Waals surface area (Å²) in [4.78, 5) is 35.9. The molecule has 1 rings (SSSR count). The van der Waals surface area contributed by atoms with Crippen LogP contribution < -0.4 is 20.3 Å². The smallest absolute Gasteiger partial charge is 0.413 e. The minimum absolute atomic E-state index is 0.0955. The standard InChI is InChI=1S/C16H23N3O5/c1-5-19(11(2)15(21)18-16(22)24-4)10-14(20)17-12-6-8-13(23-3)9-7-12/h6-9,11H,5,10H2,1-4H3,(H,17,20)(H,18,21,22)/p+1/t11-/m1/s1. The largest absolute Gasteiger partial charge is 0.497 e. The Bertz CT molecular complexity index is 574. The van der Waals surface area contributed by atoms with Gasteiger partial charge in [0.25, 0.3) is 11.8 Å². The molecule has 0 spiro atoms. The van der Waals surface area contributed by atoms with Crippen molar-refractivity contribution in [2.24, 2.45) is 0 Å². The van der Waals surface area contributed by atoms with E-state index in [0.29, 0.717) is 18.0 Å². The SMILES string of the molecule is CC[NH+](CC(=O)Nc1ccc(OC)cc1)[C@H](C)C(=O)NC(=O)OC. The summed E-state index contributed by atoms with van der Waals surface area (Å²) in [5.41, 5.74) is 0.642. The summed E-state index contributed by atoms with van der Waals surface area (Å²) >= 11 is 0. The fourth-order valence-corrected chi connectivity index (χ4v) is 2.12. The fourth-order valence-electron chi connectivity index (χ4n) is 2.12. The van der Waals surface area contributed by atoms with Crippen LogP contribution in [-0.4, -0.2) is 51.3 Å². The first kappa shape index (κ1) is 19.4. The molecule has 0 aliphatic carbocycles. The number of anilines is 1. The van der Waals surface area contributed by atoms with Crippen molar-refractivity contribution in [3.05, 3.63) is 24.3 Å². The van der Waals surface area contributed by atoms with Crippen LogP contribution >= 0.6 is 0 Å². The molecule has 1 unspecified atom stereocenters. The third-order valence-corrected chi connectivity index (χ3v) is 3.63. The maximum atomic E-state index is 12.2. The molecule has 3 N–H and O–H groups in total. The van der Waals surface area contributed by atoms with Crippen molar-refractivity contribution >= 4 is 23.6 Å². The molecule has 8 nitrogen and oxygen atoms in total. The summed E-state index contributed by atoms with van der Waals surface area (Å²) in [6.07, 6.45) is -0.815. The quantitative estimate of drug-likeness (QED) is 0.640.